The summed E-state index contributed by atoms with van der Waals surface area (Å²) in [6.07, 6.45) is 6.22. The van der Waals surface area contributed by atoms with E-state index in [-0.39, 0.29) is 113 Å². The summed E-state index contributed by atoms with van der Waals surface area (Å²) in [6, 6.07) is 38.9. The number of aromatic hydroxyl groups is 2. The van der Waals surface area contributed by atoms with Gasteiger partial charge in [-0.3, -0.25) is 9.80 Å². The molecule has 0 amide bonds. The van der Waals surface area contributed by atoms with E-state index < -0.39 is 11.3 Å². The number of aryl methyl sites for hydroxylation is 5. The molecular weight excluding hydrogens is 1210 g/mol. The number of fused-ring (bicyclic) bond motifs is 2. The Morgan fingerprint density at radius 1 is 0.548 bits per heavy atom. The molecule has 6 aromatic carbocycles. The summed E-state index contributed by atoms with van der Waals surface area (Å²) >= 11 is 0. The number of hydrogen-bond acceptors (Lipinski definition) is 13. The van der Waals surface area contributed by atoms with Crippen LogP contribution in [-0.2, 0) is 92.0 Å². The Morgan fingerprint density at radius 3 is 1.40 bits per heavy atom. The molecule has 18 heteroatoms. The summed E-state index contributed by atoms with van der Waals surface area (Å²) in [5.74, 6) is 1.97. The van der Waals surface area contributed by atoms with Gasteiger partial charge in [-0.2, -0.15) is 59.7 Å². The third-order valence-electron chi connectivity index (χ3n) is 15.2. The predicted octanol–water partition coefficient (Wildman–Crippen LogP) is 13.3. The Hall–Kier alpha value is -4.86. The van der Waals surface area contributed by atoms with Crippen LogP contribution in [0.2, 0.25) is 20.5 Å². The second kappa shape index (κ2) is 32.8. The molecule has 13 nitrogen and oxygen atoms in total. The van der Waals surface area contributed by atoms with Crippen molar-refractivity contribution in [3.05, 3.63) is 186 Å². The predicted molar refractivity (Wildman–Crippen MR) is 333 cm³/mol. The average molecular weight is 1290 g/mol. The van der Waals surface area contributed by atoms with Crippen LogP contribution >= 0.6 is 0 Å². The van der Waals surface area contributed by atoms with Gasteiger partial charge in [0, 0.05) is 112 Å². The zero-order valence-electron chi connectivity index (χ0n) is 48.6. The zero-order chi connectivity index (χ0) is 56.5. The van der Waals surface area contributed by atoms with Crippen LogP contribution in [0.1, 0.15) is 90.6 Å². The van der Waals surface area contributed by atoms with Crippen LogP contribution < -0.4 is 20.7 Å². The monoisotopic (exact) mass is 1290 g/mol. The fraction of sp³-hybridized carbons (Fsp3) is 0.364. The topological polar surface area (TPSA) is 154 Å². The number of phenols is 2. The van der Waals surface area contributed by atoms with Crippen molar-refractivity contribution in [3.63, 3.8) is 0 Å². The van der Waals surface area contributed by atoms with Gasteiger partial charge in [0.2, 0.25) is 0 Å². The average Bonchev–Trinajstić information content (AvgIpc) is 1.31. The number of ether oxygens (including phenoxy) is 2. The first-order valence-corrected chi connectivity index (χ1v) is 28.0. The Balaban J connectivity index is 0.000000257. The first kappa shape index (κ1) is 69.9. The molecule has 3 aliphatic heterocycles. The van der Waals surface area contributed by atoms with Gasteiger partial charge in [-0.25, -0.2) is 9.59 Å². The summed E-state index contributed by atoms with van der Waals surface area (Å²) in [6.45, 7) is 22.9. The molecule has 5 heterocycles. The van der Waals surface area contributed by atoms with Gasteiger partial charge in [0.1, 0.15) is 47.4 Å². The van der Waals surface area contributed by atoms with Crippen LogP contribution in [0.25, 0.3) is 44.2 Å². The maximum atomic E-state index is 13.3. The fourth-order valence-corrected chi connectivity index (χ4v) is 10.9. The van der Waals surface area contributed by atoms with Crippen LogP contribution in [0.15, 0.2) is 122 Å². The molecule has 3 saturated heterocycles. The number of nitrogens with zero attached hydrogens (tertiary/aromatic N) is 2. The number of rotatable bonds is 14. The summed E-state index contributed by atoms with van der Waals surface area (Å²) in [7, 11) is -0.406. The first-order chi connectivity index (χ1) is 38.6. The number of phenolic OH excluding ortho intramolecular Hbond substituents is 2. The van der Waals surface area contributed by atoms with E-state index in [0.717, 1.165) is 91.0 Å². The smallest absolute Gasteiger partial charge is 0.426 e. The summed E-state index contributed by atoms with van der Waals surface area (Å²) in [5, 5.41) is 22.4. The van der Waals surface area contributed by atoms with Crippen molar-refractivity contribution in [2.45, 2.75) is 108 Å². The van der Waals surface area contributed by atoms with E-state index in [9.17, 15) is 19.8 Å². The molecule has 0 unspecified atom stereocenters. The third-order valence-corrected chi connectivity index (χ3v) is 15.2. The van der Waals surface area contributed by atoms with Crippen LogP contribution in [0.4, 0.5) is 0 Å². The summed E-state index contributed by atoms with van der Waals surface area (Å²) in [4.78, 5) is 31.4. The first-order valence-electron chi connectivity index (χ1n) is 28.0. The molecule has 0 spiro atoms. The van der Waals surface area contributed by atoms with Crippen molar-refractivity contribution >= 4 is 43.3 Å². The van der Waals surface area contributed by atoms with Gasteiger partial charge >= 0.3 is 32.6 Å². The number of hydrogen-bond donors (Lipinski definition) is 2. The molecule has 436 valence electrons. The van der Waals surface area contributed by atoms with E-state index in [4.69, 9.17) is 32.0 Å². The fourth-order valence-electron chi connectivity index (χ4n) is 10.9. The maximum Gasteiger partial charge on any atom is 0.426 e. The largest absolute Gasteiger partial charge is 0.508 e. The van der Waals surface area contributed by atoms with Gasteiger partial charge in [0.25, 0.3) is 0 Å². The quantitative estimate of drug-likeness (QED) is 0.0604. The molecule has 3 fully saturated rings. The van der Waals surface area contributed by atoms with Crippen molar-refractivity contribution in [1.29, 1.82) is 0 Å². The summed E-state index contributed by atoms with van der Waals surface area (Å²) < 4.78 is 38.8. The van der Waals surface area contributed by atoms with Crippen LogP contribution in [0.5, 0.6) is 23.0 Å². The van der Waals surface area contributed by atoms with Gasteiger partial charge < -0.3 is 42.2 Å². The standard InChI is InChI=1S/C31H32NO4.C30H30NO4.C3H9B3O3.2CH4.2Y/c1-20-8-4-5-9-25(20)28-26(27-18-21(2)29(33)22(3)30(27)36-31(28)34)19-23-10-12-24(13-11-23)35-17-16-32-14-6-7-15-32;1-20-7-3-4-8-24(20)29-26(25-17-21(2)27(32)19-28(25)35-30(29)33)18-22-9-11-23(12-10-22)34-16-15-31-13-5-6-14-31;1-4-7-5(2)9-6(3)8-4;;;;/h5,8-13,18,33H,6-7,14-17,19H2,1-3H3;4,7-12,17,19,32H,5-6,13-16,18H2,1-2H3;1-3H3;2*1H4;;/q2*-1;;;;;. The summed E-state index contributed by atoms with van der Waals surface area (Å²) in [5.41, 5.74) is 10.7. The van der Waals surface area contributed by atoms with Crippen LogP contribution in [-0.4, -0.2) is 93.9 Å². The van der Waals surface area contributed by atoms with E-state index >= 15 is 0 Å². The van der Waals surface area contributed by atoms with Gasteiger partial charge in [0.15, 0.2) is 0 Å². The molecule has 2 radical (unpaired) electrons. The molecule has 2 aromatic heterocycles. The molecule has 3 aliphatic rings. The van der Waals surface area contributed by atoms with Crippen molar-refractivity contribution in [1.82, 2.24) is 9.80 Å². The third kappa shape index (κ3) is 17.7. The van der Waals surface area contributed by atoms with E-state index in [2.05, 4.69) is 34.1 Å². The second-order valence-corrected chi connectivity index (χ2v) is 21.2. The molecule has 0 saturated carbocycles. The Morgan fingerprint density at radius 2 is 0.964 bits per heavy atom. The van der Waals surface area contributed by atoms with E-state index in [1.165, 1.54) is 57.9 Å². The van der Waals surface area contributed by atoms with Gasteiger partial charge in [-0.1, -0.05) is 53.0 Å². The second-order valence-electron chi connectivity index (χ2n) is 21.2. The molecule has 0 atom stereocenters. The van der Waals surface area contributed by atoms with Crippen molar-refractivity contribution in [3.8, 4) is 45.3 Å². The normalized spacial score (nSPS) is 14.1. The number of likely N-dealkylation sites (tertiary alicyclic amines) is 2. The minimum atomic E-state index is -0.410. The molecular formula is C66H79B3N2O11Y2-2. The molecule has 0 aliphatic carbocycles. The van der Waals surface area contributed by atoms with Gasteiger partial charge in [0.05, 0.1) is 0 Å². The molecule has 84 heavy (non-hydrogen) atoms. The molecule has 2 N–H and O–H groups in total. The van der Waals surface area contributed by atoms with Crippen molar-refractivity contribution < 1.29 is 108 Å². The zero-order valence-corrected chi connectivity index (χ0v) is 54.2. The Labute approximate surface area is 548 Å². The van der Waals surface area contributed by atoms with Crippen LogP contribution in [0, 0.1) is 46.8 Å². The van der Waals surface area contributed by atoms with Gasteiger partial charge in [-0.15, -0.1) is 11.1 Å². The maximum absolute atomic E-state index is 13.3. The van der Waals surface area contributed by atoms with Gasteiger partial charge in [-0.05, 0) is 176 Å². The molecule has 8 aromatic rings. The molecule has 0 bridgehead atoms. The van der Waals surface area contributed by atoms with E-state index in [1.807, 2.05) is 133 Å². The van der Waals surface area contributed by atoms with E-state index in [1.54, 1.807) is 6.92 Å². The van der Waals surface area contributed by atoms with Crippen molar-refractivity contribution in [2.24, 2.45) is 0 Å². The SMILES string of the molecule is C.C.CB1OB(C)OB(C)O1.Cc1c[c-]ccc1-c1c(Cc2ccc(OCCN3CCCC3)cc2)c2cc(C)c(O)c(C)c2oc1=O.Cc1cc2c(Cc3ccc(OCCN4CCCC4)cc3)c(-c3cc[c-]cc3C)c(=O)oc2cc1O.[Y].[Y]. The van der Waals surface area contributed by atoms with E-state index in [0.29, 0.717) is 53.9 Å². The van der Waals surface area contributed by atoms with Crippen molar-refractivity contribution in [2.75, 3.05) is 52.5 Å². The Kier molecular flexibility index (Phi) is 27.3. The number of benzene rings is 6. The minimum absolute atomic E-state index is 0. The Bertz CT molecular complexity index is 3530. The molecule has 11 rings (SSSR count). The van der Waals surface area contributed by atoms with Crippen LogP contribution in [0.3, 0.4) is 0 Å². The minimum Gasteiger partial charge on any atom is -0.508 e.